The fraction of sp³-hybridized carbons (Fsp3) is 0.941. The maximum atomic E-state index is 11.2. The second kappa shape index (κ2) is 10.2. The van der Waals surface area contributed by atoms with Crippen LogP contribution in [0.3, 0.4) is 0 Å². The third-order valence-corrected chi connectivity index (χ3v) is 4.47. The van der Waals surface area contributed by atoms with Gasteiger partial charge in [-0.05, 0) is 70.5 Å². The van der Waals surface area contributed by atoms with Gasteiger partial charge in [0, 0.05) is 6.42 Å². The van der Waals surface area contributed by atoms with Crippen LogP contribution in [0.15, 0.2) is 0 Å². The number of hydrogen-bond donors (Lipinski definition) is 0. The van der Waals surface area contributed by atoms with Gasteiger partial charge in [-0.25, -0.2) is 0 Å². The van der Waals surface area contributed by atoms with Crippen molar-refractivity contribution in [3.05, 3.63) is 0 Å². The predicted octanol–water partition coefficient (Wildman–Crippen LogP) is 3.87. The Morgan fingerprint density at radius 2 is 2.00 bits per heavy atom. The van der Waals surface area contributed by atoms with Crippen LogP contribution in [0.1, 0.15) is 65.7 Å². The first-order chi connectivity index (χ1) is 9.63. The number of hydrogen-bond acceptors (Lipinski definition) is 3. The zero-order valence-electron chi connectivity index (χ0n) is 13.7. The Labute approximate surface area is 125 Å². The van der Waals surface area contributed by atoms with E-state index in [1.54, 1.807) is 0 Å². The predicted molar refractivity (Wildman–Crippen MR) is 83.7 cm³/mol. The van der Waals surface area contributed by atoms with Crippen molar-refractivity contribution in [3.63, 3.8) is 0 Å². The molecule has 1 aliphatic heterocycles. The highest BCUT2D eigenvalue weighted by molar-refractivity contribution is 5.69. The fourth-order valence-electron chi connectivity index (χ4n) is 3.09. The molecule has 20 heavy (non-hydrogen) atoms. The van der Waals surface area contributed by atoms with Gasteiger partial charge in [0.05, 0.1) is 6.61 Å². The standard InChI is InChI=1S/C17H33NO2/c1-4-20-17(19)10-6-5-7-12-18-13-8-9-16(11-14-18)15(2)3/h15-16H,4-14H2,1-3H3. The number of unbranched alkanes of at least 4 members (excludes halogenated alkanes) is 2. The zero-order chi connectivity index (χ0) is 14.8. The highest BCUT2D eigenvalue weighted by atomic mass is 16.5. The fourth-order valence-corrected chi connectivity index (χ4v) is 3.09. The zero-order valence-corrected chi connectivity index (χ0v) is 13.7. The molecule has 3 heteroatoms. The van der Waals surface area contributed by atoms with Gasteiger partial charge < -0.3 is 9.64 Å². The number of carbonyl (C=O) groups excluding carboxylic acids is 1. The summed E-state index contributed by atoms with van der Waals surface area (Å²) in [6.45, 7) is 10.8. The Balaban J connectivity index is 2.06. The minimum Gasteiger partial charge on any atom is -0.466 e. The van der Waals surface area contributed by atoms with Crippen molar-refractivity contribution < 1.29 is 9.53 Å². The molecule has 0 saturated carbocycles. The summed E-state index contributed by atoms with van der Waals surface area (Å²) in [7, 11) is 0. The molecule has 1 saturated heterocycles. The summed E-state index contributed by atoms with van der Waals surface area (Å²) in [5.41, 5.74) is 0. The van der Waals surface area contributed by atoms with Gasteiger partial charge in [0.15, 0.2) is 0 Å². The number of esters is 1. The van der Waals surface area contributed by atoms with Gasteiger partial charge >= 0.3 is 5.97 Å². The molecule has 0 amide bonds. The molecule has 0 aromatic rings. The van der Waals surface area contributed by atoms with E-state index in [0.717, 1.165) is 24.7 Å². The van der Waals surface area contributed by atoms with E-state index in [1.165, 1.54) is 45.3 Å². The highest BCUT2D eigenvalue weighted by Gasteiger charge is 2.18. The normalized spacial score (nSPS) is 20.9. The lowest BCUT2D eigenvalue weighted by molar-refractivity contribution is -0.143. The van der Waals surface area contributed by atoms with E-state index in [4.69, 9.17) is 4.74 Å². The van der Waals surface area contributed by atoms with Gasteiger partial charge in [0.1, 0.15) is 0 Å². The molecule has 0 aromatic carbocycles. The van der Waals surface area contributed by atoms with Crippen LogP contribution < -0.4 is 0 Å². The molecule has 1 atom stereocenters. The van der Waals surface area contributed by atoms with E-state index in [1.807, 2.05) is 6.92 Å². The molecule has 0 radical (unpaired) electrons. The van der Waals surface area contributed by atoms with Crippen LogP contribution in [0.5, 0.6) is 0 Å². The summed E-state index contributed by atoms with van der Waals surface area (Å²) in [6, 6.07) is 0. The van der Waals surface area contributed by atoms with Gasteiger partial charge in [-0.2, -0.15) is 0 Å². The lowest BCUT2D eigenvalue weighted by atomic mass is 9.89. The first kappa shape index (κ1) is 17.5. The molecule has 1 unspecified atom stereocenters. The van der Waals surface area contributed by atoms with Crippen LogP contribution in [0.4, 0.5) is 0 Å². The summed E-state index contributed by atoms with van der Waals surface area (Å²) in [5, 5.41) is 0. The average Bonchev–Trinajstić information content (AvgIpc) is 2.64. The Hall–Kier alpha value is -0.570. The van der Waals surface area contributed by atoms with Crippen LogP contribution in [0.2, 0.25) is 0 Å². The van der Waals surface area contributed by atoms with Crippen molar-refractivity contribution in [2.24, 2.45) is 11.8 Å². The number of ether oxygens (including phenoxy) is 1. The minimum atomic E-state index is -0.0398. The first-order valence-electron chi connectivity index (χ1n) is 8.51. The smallest absolute Gasteiger partial charge is 0.305 e. The van der Waals surface area contributed by atoms with Crippen LogP contribution in [0.25, 0.3) is 0 Å². The number of nitrogens with zero attached hydrogens (tertiary/aromatic N) is 1. The summed E-state index contributed by atoms with van der Waals surface area (Å²) >= 11 is 0. The molecule has 1 rings (SSSR count). The Morgan fingerprint density at radius 3 is 2.70 bits per heavy atom. The van der Waals surface area contributed by atoms with E-state index in [2.05, 4.69) is 18.7 Å². The van der Waals surface area contributed by atoms with Gasteiger partial charge in [-0.15, -0.1) is 0 Å². The third kappa shape index (κ3) is 7.28. The van der Waals surface area contributed by atoms with Crippen molar-refractivity contribution >= 4 is 5.97 Å². The molecule has 1 aliphatic rings. The van der Waals surface area contributed by atoms with Crippen LogP contribution in [0, 0.1) is 11.8 Å². The Morgan fingerprint density at radius 1 is 1.20 bits per heavy atom. The maximum absolute atomic E-state index is 11.2. The molecular weight excluding hydrogens is 250 g/mol. The lowest BCUT2D eigenvalue weighted by Crippen LogP contribution is -2.26. The lowest BCUT2D eigenvalue weighted by Gasteiger charge is -2.21. The summed E-state index contributed by atoms with van der Waals surface area (Å²) < 4.78 is 4.94. The second-order valence-corrected chi connectivity index (χ2v) is 6.39. The maximum Gasteiger partial charge on any atom is 0.305 e. The number of likely N-dealkylation sites (tertiary alicyclic amines) is 1. The average molecular weight is 283 g/mol. The molecule has 0 N–H and O–H groups in total. The Kier molecular flexibility index (Phi) is 8.92. The molecule has 0 bridgehead atoms. The molecule has 1 fully saturated rings. The molecule has 1 heterocycles. The monoisotopic (exact) mass is 283 g/mol. The molecule has 118 valence electrons. The van der Waals surface area contributed by atoms with E-state index in [-0.39, 0.29) is 5.97 Å². The van der Waals surface area contributed by atoms with Gasteiger partial charge in [-0.3, -0.25) is 4.79 Å². The van der Waals surface area contributed by atoms with Crippen molar-refractivity contribution in [1.82, 2.24) is 4.90 Å². The van der Waals surface area contributed by atoms with Crippen molar-refractivity contribution in [2.45, 2.75) is 65.7 Å². The van der Waals surface area contributed by atoms with Gasteiger partial charge in [-0.1, -0.05) is 20.3 Å². The highest BCUT2D eigenvalue weighted by Crippen LogP contribution is 2.24. The summed E-state index contributed by atoms with van der Waals surface area (Å²) in [4.78, 5) is 13.8. The van der Waals surface area contributed by atoms with Gasteiger partial charge in [0.2, 0.25) is 0 Å². The van der Waals surface area contributed by atoms with Crippen LogP contribution >= 0.6 is 0 Å². The largest absolute Gasteiger partial charge is 0.466 e. The summed E-state index contributed by atoms with van der Waals surface area (Å²) in [6.07, 6.45) is 8.03. The third-order valence-electron chi connectivity index (χ3n) is 4.47. The van der Waals surface area contributed by atoms with E-state index < -0.39 is 0 Å². The van der Waals surface area contributed by atoms with Crippen molar-refractivity contribution in [1.29, 1.82) is 0 Å². The molecule has 0 aromatic heterocycles. The van der Waals surface area contributed by atoms with E-state index in [0.29, 0.717) is 13.0 Å². The molecule has 0 aliphatic carbocycles. The van der Waals surface area contributed by atoms with Gasteiger partial charge in [0.25, 0.3) is 0 Å². The first-order valence-corrected chi connectivity index (χ1v) is 8.51. The quantitative estimate of drug-likeness (QED) is 0.500. The second-order valence-electron chi connectivity index (χ2n) is 6.39. The van der Waals surface area contributed by atoms with Crippen LogP contribution in [-0.4, -0.2) is 37.1 Å². The van der Waals surface area contributed by atoms with Crippen molar-refractivity contribution in [3.8, 4) is 0 Å². The number of rotatable bonds is 8. The SMILES string of the molecule is CCOC(=O)CCCCCN1CCCC(C(C)C)CC1. The van der Waals surface area contributed by atoms with E-state index >= 15 is 0 Å². The Bertz CT molecular complexity index is 266. The molecular formula is C17H33NO2. The molecule has 0 spiro atoms. The van der Waals surface area contributed by atoms with E-state index in [9.17, 15) is 4.79 Å². The van der Waals surface area contributed by atoms with Crippen LogP contribution in [-0.2, 0) is 9.53 Å². The molecule has 3 nitrogen and oxygen atoms in total. The topological polar surface area (TPSA) is 29.5 Å². The summed E-state index contributed by atoms with van der Waals surface area (Å²) in [5.74, 6) is 1.71. The number of carbonyl (C=O) groups is 1. The minimum absolute atomic E-state index is 0.0398. The van der Waals surface area contributed by atoms with Crippen molar-refractivity contribution in [2.75, 3.05) is 26.2 Å².